The molecule has 20 heavy (non-hydrogen) atoms. The van der Waals surface area contributed by atoms with Crippen LogP contribution in [-0.4, -0.2) is 45.7 Å². The molecule has 10 heteroatoms. The van der Waals surface area contributed by atoms with Crippen molar-refractivity contribution in [3.63, 3.8) is 0 Å². The van der Waals surface area contributed by atoms with E-state index >= 15 is 0 Å². The van der Waals surface area contributed by atoms with E-state index in [2.05, 4.69) is 9.68 Å². The highest BCUT2D eigenvalue weighted by Gasteiger charge is 2.35. The first-order chi connectivity index (χ1) is 9.40. The van der Waals surface area contributed by atoms with Crippen molar-refractivity contribution in [1.29, 1.82) is 0 Å². The van der Waals surface area contributed by atoms with Crippen LogP contribution in [0.4, 0.5) is 0 Å². The van der Waals surface area contributed by atoms with Gasteiger partial charge >= 0.3 is 11.9 Å². The van der Waals surface area contributed by atoms with Crippen LogP contribution in [0.25, 0.3) is 0 Å². The molecule has 102 valence electrons. The zero-order valence-electron chi connectivity index (χ0n) is 9.47. The molecule has 0 fully saturated rings. The molecular weight excluding hydrogens is 276 g/mol. The molecule has 0 radical (unpaired) electrons. The molecule has 2 aliphatic heterocycles. The van der Waals surface area contributed by atoms with Crippen LogP contribution in [0, 0.1) is 0 Å². The highest BCUT2D eigenvalue weighted by atomic mass is 16.8. The van der Waals surface area contributed by atoms with Gasteiger partial charge in [-0.25, -0.2) is 9.59 Å². The minimum absolute atomic E-state index is 0.0233. The lowest BCUT2D eigenvalue weighted by Gasteiger charge is -2.14. The quantitative estimate of drug-likeness (QED) is 0.410. The van der Waals surface area contributed by atoms with Gasteiger partial charge in [-0.05, 0) is 0 Å². The van der Waals surface area contributed by atoms with E-state index in [0.717, 1.165) is 24.3 Å². The molecule has 0 aromatic heterocycles. The zero-order valence-corrected chi connectivity index (χ0v) is 9.47. The van der Waals surface area contributed by atoms with Crippen molar-refractivity contribution in [3.05, 3.63) is 24.3 Å². The average Bonchev–Trinajstić information content (AvgIpc) is 2.88. The SMILES string of the molecule is O=C(ON1C(=O)C=CC1=O)C(=O)ON1C(=O)C=CC1=O. The lowest BCUT2D eigenvalue weighted by atomic mass is 10.6. The van der Waals surface area contributed by atoms with Crippen LogP contribution < -0.4 is 0 Å². The zero-order chi connectivity index (χ0) is 14.9. The number of imide groups is 2. The van der Waals surface area contributed by atoms with Gasteiger partial charge in [0.25, 0.3) is 23.6 Å². The third kappa shape index (κ3) is 2.29. The molecule has 0 saturated carbocycles. The molecule has 2 aliphatic rings. The summed E-state index contributed by atoms with van der Waals surface area (Å²) in [7, 11) is 0. The predicted molar refractivity (Wildman–Crippen MR) is 54.2 cm³/mol. The van der Waals surface area contributed by atoms with Gasteiger partial charge in [-0.2, -0.15) is 0 Å². The summed E-state index contributed by atoms with van der Waals surface area (Å²) in [6.45, 7) is 0. The molecule has 0 saturated heterocycles. The van der Waals surface area contributed by atoms with Crippen LogP contribution in [0.3, 0.4) is 0 Å². The molecule has 0 aromatic carbocycles. The van der Waals surface area contributed by atoms with Crippen LogP contribution in [0.15, 0.2) is 24.3 Å². The number of amides is 4. The fraction of sp³-hybridized carbons (Fsp3) is 0. The van der Waals surface area contributed by atoms with Crippen molar-refractivity contribution in [3.8, 4) is 0 Å². The number of carbonyl (C=O) groups excluding carboxylic acids is 6. The molecule has 0 atom stereocenters. The number of carbonyl (C=O) groups is 6. The van der Waals surface area contributed by atoms with Gasteiger partial charge in [0, 0.05) is 24.3 Å². The molecule has 0 bridgehead atoms. The third-order valence-electron chi connectivity index (χ3n) is 2.05. The van der Waals surface area contributed by atoms with Crippen LogP contribution in [-0.2, 0) is 38.4 Å². The molecule has 2 rings (SSSR count). The summed E-state index contributed by atoms with van der Waals surface area (Å²) in [5.74, 6) is -7.36. The van der Waals surface area contributed by atoms with E-state index in [0.29, 0.717) is 0 Å². The van der Waals surface area contributed by atoms with Gasteiger partial charge in [-0.15, -0.1) is 0 Å². The van der Waals surface area contributed by atoms with Crippen LogP contribution >= 0.6 is 0 Å². The summed E-state index contributed by atoms with van der Waals surface area (Å²) in [4.78, 5) is 75.0. The van der Waals surface area contributed by atoms with Crippen LogP contribution in [0.2, 0.25) is 0 Å². The summed E-state index contributed by atoms with van der Waals surface area (Å²) in [6.07, 6.45) is 3.27. The summed E-state index contributed by atoms with van der Waals surface area (Å²) in [6, 6.07) is 0. The standard InChI is InChI=1S/C10H4N2O8/c13-5-1-2-6(14)11(5)19-9(17)10(18)20-12-7(15)3-4-8(12)16/h1-4H. The van der Waals surface area contributed by atoms with Gasteiger partial charge in [0.2, 0.25) is 0 Å². The molecule has 0 unspecified atom stereocenters. The molecule has 0 aromatic rings. The number of hydrogen-bond donors (Lipinski definition) is 0. The Bertz CT molecular complexity index is 527. The molecule has 10 nitrogen and oxygen atoms in total. The van der Waals surface area contributed by atoms with E-state index < -0.39 is 35.6 Å². The first kappa shape index (κ1) is 13.1. The number of rotatable bonds is 2. The highest BCUT2D eigenvalue weighted by molar-refractivity contribution is 6.31. The maximum absolute atomic E-state index is 11.3. The van der Waals surface area contributed by atoms with Crippen LogP contribution in [0.1, 0.15) is 0 Å². The maximum atomic E-state index is 11.3. The van der Waals surface area contributed by atoms with E-state index in [9.17, 15) is 28.8 Å². The summed E-state index contributed by atoms with van der Waals surface area (Å²) in [5, 5.41) is 0.0466. The summed E-state index contributed by atoms with van der Waals surface area (Å²) >= 11 is 0. The monoisotopic (exact) mass is 280 g/mol. The Morgan fingerprint density at radius 1 is 0.650 bits per heavy atom. The van der Waals surface area contributed by atoms with E-state index in [1.807, 2.05) is 0 Å². The Kier molecular flexibility index (Phi) is 3.13. The largest absolute Gasteiger partial charge is 0.444 e. The lowest BCUT2D eigenvalue weighted by Crippen LogP contribution is -2.40. The first-order valence-electron chi connectivity index (χ1n) is 4.96. The number of nitrogens with zero attached hydrogens (tertiary/aromatic N) is 2. The Labute approximate surface area is 109 Å². The van der Waals surface area contributed by atoms with Crippen LogP contribution in [0.5, 0.6) is 0 Å². The Hall–Kier alpha value is -3.30. The lowest BCUT2D eigenvalue weighted by molar-refractivity contribution is -0.214. The van der Waals surface area contributed by atoms with Crippen molar-refractivity contribution in [2.45, 2.75) is 0 Å². The van der Waals surface area contributed by atoms with E-state index in [1.54, 1.807) is 0 Å². The average molecular weight is 280 g/mol. The molecular formula is C10H4N2O8. The smallest absolute Gasteiger partial charge is 0.318 e. The van der Waals surface area contributed by atoms with Gasteiger partial charge in [0.1, 0.15) is 0 Å². The van der Waals surface area contributed by atoms with Crippen molar-refractivity contribution >= 4 is 35.6 Å². The topological polar surface area (TPSA) is 127 Å². The predicted octanol–water partition coefficient (Wildman–Crippen LogP) is -2.25. The van der Waals surface area contributed by atoms with Gasteiger partial charge in [0.15, 0.2) is 0 Å². The molecule has 4 amide bonds. The number of hydroxylamine groups is 4. The van der Waals surface area contributed by atoms with E-state index in [-0.39, 0.29) is 10.1 Å². The first-order valence-corrected chi connectivity index (χ1v) is 4.96. The van der Waals surface area contributed by atoms with E-state index in [4.69, 9.17) is 0 Å². The number of hydrogen-bond acceptors (Lipinski definition) is 8. The van der Waals surface area contributed by atoms with Crippen molar-refractivity contribution in [2.75, 3.05) is 0 Å². The second kappa shape index (κ2) is 4.76. The van der Waals surface area contributed by atoms with Gasteiger partial charge < -0.3 is 9.68 Å². The Balaban J connectivity index is 1.95. The van der Waals surface area contributed by atoms with Gasteiger partial charge in [-0.3, -0.25) is 19.2 Å². The van der Waals surface area contributed by atoms with Crippen molar-refractivity contribution in [1.82, 2.24) is 10.1 Å². The fourth-order valence-electron chi connectivity index (χ4n) is 1.19. The van der Waals surface area contributed by atoms with Gasteiger partial charge in [-0.1, -0.05) is 10.1 Å². The molecule has 0 aliphatic carbocycles. The second-order valence-electron chi connectivity index (χ2n) is 3.37. The van der Waals surface area contributed by atoms with Crippen molar-refractivity contribution < 1.29 is 38.4 Å². The second-order valence-corrected chi connectivity index (χ2v) is 3.37. The highest BCUT2D eigenvalue weighted by Crippen LogP contribution is 2.07. The normalized spacial score (nSPS) is 17.2. The Morgan fingerprint density at radius 3 is 1.15 bits per heavy atom. The van der Waals surface area contributed by atoms with Crippen molar-refractivity contribution in [2.24, 2.45) is 0 Å². The summed E-state index contributed by atoms with van der Waals surface area (Å²) in [5.41, 5.74) is 0. The minimum atomic E-state index is -1.75. The van der Waals surface area contributed by atoms with E-state index in [1.165, 1.54) is 0 Å². The fourth-order valence-corrected chi connectivity index (χ4v) is 1.19. The summed E-state index contributed by atoms with van der Waals surface area (Å²) < 4.78 is 0. The molecule has 0 spiro atoms. The Morgan fingerprint density at radius 2 is 0.900 bits per heavy atom. The third-order valence-corrected chi connectivity index (χ3v) is 2.05. The molecule has 2 heterocycles. The maximum Gasteiger partial charge on any atom is 0.444 e. The minimum Gasteiger partial charge on any atom is -0.318 e. The van der Waals surface area contributed by atoms with Gasteiger partial charge in [0.05, 0.1) is 0 Å². The molecule has 0 N–H and O–H groups in total.